The van der Waals surface area contributed by atoms with E-state index in [1.807, 2.05) is 24.3 Å². The number of hydrogen-bond acceptors (Lipinski definition) is 5. The van der Waals surface area contributed by atoms with Gasteiger partial charge in [-0.15, -0.1) is 0 Å². The summed E-state index contributed by atoms with van der Waals surface area (Å²) in [6, 6.07) is 9.41. The highest BCUT2D eigenvalue weighted by Crippen LogP contribution is 2.18. The highest BCUT2D eigenvalue weighted by Gasteiger charge is 2.17. The van der Waals surface area contributed by atoms with Gasteiger partial charge in [-0.3, -0.25) is 9.20 Å². The van der Waals surface area contributed by atoms with E-state index < -0.39 is 0 Å². The zero-order valence-corrected chi connectivity index (χ0v) is 14.8. The zero-order chi connectivity index (χ0) is 17.9. The van der Waals surface area contributed by atoms with Crippen LogP contribution in [0.1, 0.15) is 16.1 Å². The number of carbonyl (C=O) groups excluding carboxylic acids is 1. The van der Waals surface area contributed by atoms with Gasteiger partial charge in [0.15, 0.2) is 10.8 Å². The number of ether oxygens (including phenoxy) is 1. The Morgan fingerprint density at radius 2 is 2.08 bits per heavy atom. The number of aromatic nitrogens is 3. The molecule has 0 saturated carbocycles. The Hall–Kier alpha value is -2.64. The Morgan fingerprint density at radius 1 is 1.23 bits per heavy atom. The number of fused-ring (bicyclic) bond motifs is 1. The third-order valence-electron chi connectivity index (χ3n) is 4.30. The molecule has 0 radical (unpaired) electrons. The maximum Gasteiger partial charge on any atom is 0.271 e. The number of halogens is 1. The van der Waals surface area contributed by atoms with Gasteiger partial charge in [-0.1, -0.05) is 23.7 Å². The second-order valence-corrected chi connectivity index (χ2v) is 6.34. The fourth-order valence-corrected chi connectivity index (χ4v) is 3.20. The number of pyridine rings is 2. The van der Waals surface area contributed by atoms with Crippen LogP contribution >= 0.6 is 11.6 Å². The Morgan fingerprint density at radius 3 is 2.85 bits per heavy atom. The van der Waals surface area contributed by atoms with Crippen LogP contribution in [-0.4, -0.2) is 46.6 Å². The smallest absolute Gasteiger partial charge is 0.271 e. The number of nitrogens with one attached hydrogen (secondary N) is 1. The number of amides is 1. The molecule has 134 valence electrons. The molecule has 1 aliphatic rings. The average Bonchev–Trinajstić information content (AvgIpc) is 3.03. The monoisotopic (exact) mass is 371 g/mol. The summed E-state index contributed by atoms with van der Waals surface area (Å²) in [4.78, 5) is 23.4. The lowest BCUT2D eigenvalue weighted by molar-refractivity contribution is 0.0945. The number of morpholine rings is 1. The molecule has 4 heterocycles. The fraction of sp³-hybridized carbons (Fsp3) is 0.278. The van der Waals surface area contributed by atoms with Gasteiger partial charge < -0.3 is 15.0 Å². The number of hydrogen-bond donors (Lipinski definition) is 1. The number of carbonyl (C=O) groups is 1. The number of imidazole rings is 1. The highest BCUT2D eigenvalue weighted by molar-refractivity contribution is 6.32. The summed E-state index contributed by atoms with van der Waals surface area (Å²) in [5, 5.41) is 3.06. The lowest BCUT2D eigenvalue weighted by Crippen LogP contribution is -2.36. The average molecular weight is 372 g/mol. The maximum atomic E-state index is 12.5. The molecule has 1 N–H and O–H groups in total. The third-order valence-corrected chi connectivity index (χ3v) is 4.56. The Labute approximate surface area is 155 Å². The van der Waals surface area contributed by atoms with Gasteiger partial charge in [-0.2, -0.15) is 0 Å². The molecule has 7 nitrogen and oxygen atoms in total. The van der Waals surface area contributed by atoms with Gasteiger partial charge in [0.05, 0.1) is 13.2 Å². The van der Waals surface area contributed by atoms with Crippen molar-refractivity contribution in [2.24, 2.45) is 0 Å². The molecule has 0 atom stereocenters. The Kier molecular flexibility index (Phi) is 4.73. The number of anilines is 1. The summed E-state index contributed by atoms with van der Waals surface area (Å²) in [6.07, 6.45) is 3.54. The van der Waals surface area contributed by atoms with Gasteiger partial charge in [0.25, 0.3) is 5.91 Å². The van der Waals surface area contributed by atoms with E-state index in [0.717, 1.165) is 37.7 Å². The van der Waals surface area contributed by atoms with Crippen LogP contribution < -0.4 is 10.2 Å². The topological polar surface area (TPSA) is 71.8 Å². The van der Waals surface area contributed by atoms with E-state index in [2.05, 4.69) is 20.2 Å². The first-order valence-electron chi connectivity index (χ1n) is 8.41. The molecule has 3 aromatic heterocycles. The van der Waals surface area contributed by atoms with E-state index in [1.54, 1.807) is 22.9 Å². The molecule has 1 aliphatic heterocycles. The SMILES string of the molecule is O=C(NCc1ccc(N2CCOCC2)nc1)c1c(Cl)nc2ccccn12. The van der Waals surface area contributed by atoms with Crippen molar-refractivity contribution in [1.82, 2.24) is 19.7 Å². The molecule has 0 bridgehead atoms. The van der Waals surface area contributed by atoms with Gasteiger partial charge in [-0.25, -0.2) is 9.97 Å². The first kappa shape index (κ1) is 16.8. The quantitative estimate of drug-likeness (QED) is 0.760. The van der Waals surface area contributed by atoms with Crippen LogP contribution in [0.4, 0.5) is 5.82 Å². The van der Waals surface area contributed by atoms with Crippen LogP contribution in [0.25, 0.3) is 5.65 Å². The lowest BCUT2D eigenvalue weighted by Gasteiger charge is -2.27. The first-order chi connectivity index (χ1) is 12.7. The predicted molar refractivity (Wildman–Crippen MR) is 98.6 cm³/mol. The van der Waals surface area contributed by atoms with E-state index in [9.17, 15) is 4.79 Å². The normalized spacial score (nSPS) is 14.6. The van der Waals surface area contributed by atoms with Crippen molar-refractivity contribution in [3.05, 3.63) is 59.1 Å². The zero-order valence-electron chi connectivity index (χ0n) is 14.1. The summed E-state index contributed by atoms with van der Waals surface area (Å²) < 4.78 is 7.03. The summed E-state index contributed by atoms with van der Waals surface area (Å²) in [5.41, 5.74) is 1.89. The molecule has 1 amide bonds. The largest absolute Gasteiger partial charge is 0.378 e. The molecule has 0 unspecified atom stereocenters. The van der Waals surface area contributed by atoms with Crippen molar-refractivity contribution < 1.29 is 9.53 Å². The molecular weight excluding hydrogens is 354 g/mol. The molecule has 4 rings (SSSR count). The van der Waals surface area contributed by atoms with Crippen LogP contribution in [0.15, 0.2) is 42.7 Å². The van der Waals surface area contributed by atoms with E-state index in [4.69, 9.17) is 16.3 Å². The minimum Gasteiger partial charge on any atom is -0.378 e. The van der Waals surface area contributed by atoms with Gasteiger partial charge in [-0.05, 0) is 23.8 Å². The Balaban J connectivity index is 1.43. The summed E-state index contributed by atoms with van der Waals surface area (Å²) in [6.45, 7) is 3.50. The van der Waals surface area contributed by atoms with Crippen LogP contribution in [0.2, 0.25) is 5.15 Å². The molecule has 26 heavy (non-hydrogen) atoms. The van der Waals surface area contributed by atoms with E-state index in [0.29, 0.717) is 17.9 Å². The van der Waals surface area contributed by atoms with E-state index in [-0.39, 0.29) is 11.1 Å². The first-order valence-corrected chi connectivity index (χ1v) is 8.78. The lowest BCUT2D eigenvalue weighted by atomic mass is 10.2. The molecule has 1 fully saturated rings. The minimum atomic E-state index is -0.272. The van der Waals surface area contributed by atoms with E-state index >= 15 is 0 Å². The van der Waals surface area contributed by atoms with Crippen LogP contribution in [0, 0.1) is 0 Å². The van der Waals surface area contributed by atoms with Crippen molar-refractivity contribution in [2.45, 2.75) is 6.54 Å². The minimum absolute atomic E-state index is 0.189. The molecule has 0 aliphatic carbocycles. The summed E-state index contributed by atoms with van der Waals surface area (Å²) >= 11 is 6.13. The summed E-state index contributed by atoms with van der Waals surface area (Å²) in [7, 11) is 0. The van der Waals surface area contributed by atoms with Gasteiger partial charge in [0, 0.05) is 32.0 Å². The molecular formula is C18H18ClN5O2. The Bertz CT molecular complexity index is 919. The van der Waals surface area contributed by atoms with Crippen molar-refractivity contribution in [1.29, 1.82) is 0 Å². The van der Waals surface area contributed by atoms with Gasteiger partial charge >= 0.3 is 0 Å². The van der Waals surface area contributed by atoms with Crippen molar-refractivity contribution in [3.8, 4) is 0 Å². The molecule has 0 aromatic carbocycles. The third kappa shape index (κ3) is 3.36. The summed E-state index contributed by atoms with van der Waals surface area (Å²) in [5.74, 6) is 0.652. The predicted octanol–water partition coefficient (Wildman–Crippen LogP) is 2.15. The molecule has 3 aromatic rings. The highest BCUT2D eigenvalue weighted by atomic mass is 35.5. The maximum absolute atomic E-state index is 12.5. The van der Waals surface area contributed by atoms with Crippen molar-refractivity contribution >= 4 is 29.0 Å². The van der Waals surface area contributed by atoms with Crippen molar-refractivity contribution in [2.75, 3.05) is 31.2 Å². The van der Waals surface area contributed by atoms with E-state index in [1.165, 1.54) is 0 Å². The second-order valence-electron chi connectivity index (χ2n) is 5.99. The van der Waals surface area contributed by atoms with Crippen LogP contribution in [0.3, 0.4) is 0 Å². The second kappa shape index (κ2) is 7.31. The standard InChI is InChI=1S/C18H18ClN5O2/c19-17-16(24-6-2-1-3-15(24)22-17)18(25)21-12-13-4-5-14(20-11-13)23-7-9-26-10-8-23/h1-6,11H,7-10,12H2,(H,21,25). The van der Waals surface area contributed by atoms with Crippen LogP contribution in [0.5, 0.6) is 0 Å². The van der Waals surface area contributed by atoms with Gasteiger partial charge in [0.1, 0.15) is 11.5 Å². The molecule has 8 heteroatoms. The number of rotatable bonds is 4. The fourth-order valence-electron chi connectivity index (χ4n) is 2.94. The van der Waals surface area contributed by atoms with Gasteiger partial charge in [0.2, 0.25) is 0 Å². The molecule has 0 spiro atoms. The molecule has 1 saturated heterocycles. The van der Waals surface area contributed by atoms with Crippen molar-refractivity contribution in [3.63, 3.8) is 0 Å². The van der Waals surface area contributed by atoms with Crippen LogP contribution in [-0.2, 0) is 11.3 Å². The number of nitrogens with zero attached hydrogens (tertiary/aromatic N) is 4.